The van der Waals surface area contributed by atoms with Crippen molar-refractivity contribution in [1.82, 2.24) is 5.32 Å². The molecule has 0 aliphatic carbocycles. The van der Waals surface area contributed by atoms with Crippen LogP contribution in [-0.4, -0.2) is 52.9 Å². The van der Waals surface area contributed by atoms with Crippen molar-refractivity contribution >= 4 is 11.6 Å². The summed E-state index contributed by atoms with van der Waals surface area (Å²) in [5.74, 6) is -0.338. The van der Waals surface area contributed by atoms with Gasteiger partial charge in [0, 0.05) is 25.3 Å². The van der Waals surface area contributed by atoms with Crippen LogP contribution < -0.4 is 15.1 Å². The van der Waals surface area contributed by atoms with Gasteiger partial charge in [-0.1, -0.05) is 24.3 Å². The molecule has 1 aliphatic rings. The van der Waals surface area contributed by atoms with E-state index in [1.54, 1.807) is 12.1 Å². The number of ether oxygens (including phenoxy) is 1. The van der Waals surface area contributed by atoms with Crippen molar-refractivity contribution in [3.05, 3.63) is 65.5 Å². The molecule has 0 bridgehead atoms. The lowest BCUT2D eigenvalue weighted by atomic mass is 10.0. The number of hydrogen-bond acceptors (Lipinski definition) is 3. The number of morpholine rings is 1. The van der Waals surface area contributed by atoms with Gasteiger partial charge in [-0.3, -0.25) is 4.79 Å². The summed E-state index contributed by atoms with van der Waals surface area (Å²) in [6.45, 7) is 3.90. The molecule has 2 aromatic rings. The third kappa shape index (κ3) is 5.53. The zero-order chi connectivity index (χ0) is 19.9. The molecule has 6 heteroatoms. The molecule has 1 heterocycles. The largest absolute Gasteiger partial charge is 0.378 e. The first-order valence-corrected chi connectivity index (χ1v) is 9.73. The maximum atomic E-state index is 13.0. The van der Waals surface area contributed by atoms with Gasteiger partial charge in [0.1, 0.15) is 24.9 Å². The molecule has 2 aromatic carbocycles. The van der Waals surface area contributed by atoms with Gasteiger partial charge in [0.05, 0.1) is 26.2 Å². The second-order valence-corrected chi connectivity index (χ2v) is 7.42. The Labute approximate surface area is 166 Å². The Kier molecular flexibility index (Phi) is 7.01. The van der Waals surface area contributed by atoms with Crippen molar-refractivity contribution in [2.45, 2.75) is 12.5 Å². The number of hydrogen-bond donors (Lipinski definition) is 2. The van der Waals surface area contributed by atoms with Gasteiger partial charge in [-0.25, -0.2) is 4.39 Å². The first-order chi connectivity index (χ1) is 13.5. The molecule has 1 amide bonds. The number of carbonyl (C=O) groups excluding carboxylic acids is 1. The smallest absolute Gasteiger partial charge is 0.224 e. The number of nitrogens with zero attached hydrogens (tertiary/aromatic N) is 1. The maximum absolute atomic E-state index is 13.0. The van der Waals surface area contributed by atoms with Gasteiger partial charge < -0.3 is 19.9 Å². The quantitative estimate of drug-likeness (QED) is 0.752. The molecule has 1 saturated heterocycles. The van der Waals surface area contributed by atoms with Crippen LogP contribution in [0.2, 0.25) is 0 Å². The van der Waals surface area contributed by atoms with Crippen molar-refractivity contribution in [3.8, 4) is 0 Å². The highest BCUT2D eigenvalue weighted by Gasteiger charge is 2.27. The summed E-state index contributed by atoms with van der Waals surface area (Å²) in [7, 11) is 4.05. The fourth-order valence-electron chi connectivity index (χ4n) is 3.55. The summed E-state index contributed by atoms with van der Waals surface area (Å²) in [5.41, 5.74) is 3.17. The van der Waals surface area contributed by atoms with Gasteiger partial charge in [0.2, 0.25) is 5.91 Å². The molecule has 0 saturated carbocycles. The van der Waals surface area contributed by atoms with E-state index in [-0.39, 0.29) is 24.2 Å². The Balaban J connectivity index is 1.66. The third-order valence-corrected chi connectivity index (χ3v) is 5.22. The summed E-state index contributed by atoms with van der Waals surface area (Å²) >= 11 is 0. The van der Waals surface area contributed by atoms with Gasteiger partial charge in [-0.05, 0) is 29.8 Å². The van der Waals surface area contributed by atoms with E-state index in [4.69, 9.17) is 4.74 Å². The molecule has 1 fully saturated rings. The molecule has 1 aliphatic heterocycles. The zero-order valence-corrected chi connectivity index (χ0v) is 16.6. The van der Waals surface area contributed by atoms with E-state index >= 15 is 0 Å². The molecule has 2 N–H and O–H groups in total. The zero-order valence-electron chi connectivity index (χ0n) is 16.6. The number of benzene rings is 2. The molecular weight excluding hydrogens is 357 g/mol. The lowest BCUT2D eigenvalue weighted by molar-refractivity contribution is -0.937. The van der Waals surface area contributed by atoms with Crippen LogP contribution in [0.4, 0.5) is 10.1 Å². The molecule has 0 unspecified atom stereocenters. The highest BCUT2D eigenvalue weighted by atomic mass is 19.1. The van der Waals surface area contributed by atoms with Crippen molar-refractivity contribution in [2.75, 3.05) is 51.8 Å². The average Bonchev–Trinajstić information content (AvgIpc) is 2.71. The Morgan fingerprint density at radius 2 is 1.75 bits per heavy atom. The predicted molar refractivity (Wildman–Crippen MR) is 108 cm³/mol. The molecule has 3 rings (SSSR count). The monoisotopic (exact) mass is 386 g/mol. The molecule has 5 nitrogen and oxygen atoms in total. The van der Waals surface area contributed by atoms with Gasteiger partial charge in [0.25, 0.3) is 0 Å². The lowest BCUT2D eigenvalue weighted by Crippen LogP contribution is -3.15. The SMILES string of the molecule is CN(C)c1ccc([C@H](CNC(=O)Cc2ccc(F)cc2)[NH+]2CCOCC2)cc1. The first kappa shape index (κ1) is 20.3. The van der Waals surface area contributed by atoms with Crippen LogP contribution >= 0.6 is 0 Å². The van der Waals surface area contributed by atoms with Crippen LogP contribution in [-0.2, 0) is 16.0 Å². The second-order valence-electron chi connectivity index (χ2n) is 7.42. The molecule has 28 heavy (non-hydrogen) atoms. The van der Waals surface area contributed by atoms with E-state index in [0.29, 0.717) is 6.54 Å². The summed E-state index contributed by atoms with van der Waals surface area (Å²) in [5, 5.41) is 3.07. The van der Waals surface area contributed by atoms with Crippen LogP contribution in [0.5, 0.6) is 0 Å². The van der Waals surface area contributed by atoms with Crippen molar-refractivity contribution in [1.29, 1.82) is 0 Å². The molecule has 1 atom stereocenters. The lowest BCUT2D eigenvalue weighted by Gasteiger charge is -2.32. The number of halogens is 1. The highest BCUT2D eigenvalue weighted by molar-refractivity contribution is 5.78. The number of amides is 1. The van der Waals surface area contributed by atoms with E-state index in [1.165, 1.54) is 22.6 Å². The fraction of sp³-hybridized carbons (Fsp3) is 0.409. The molecular formula is C22H29FN3O2+. The van der Waals surface area contributed by atoms with Gasteiger partial charge in [-0.2, -0.15) is 0 Å². The second kappa shape index (κ2) is 9.66. The Morgan fingerprint density at radius 1 is 1.11 bits per heavy atom. The molecule has 150 valence electrons. The molecule has 0 aromatic heterocycles. The van der Waals surface area contributed by atoms with Crippen molar-refractivity contribution < 1.29 is 18.8 Å². The summed E-state index contributed by atoms with van der Waals surface area (Å²) < 4.78 is 18.5. The minimum Gasteiger partial charge on any atom is -0.378 e. The van der Waals surface area contributed by atoms with E-state index in [1.807, 2.05) is 14.1 Å². The first-order valence-electron chi connectivity index (χ1n) is 9.73. The minimum atomic E-state index is -0.290. The van der Waals surface area contributed by atoms with E-state index in [2.05, 4.69) is 34.5 Å². The van der Waals surface area contributed by atoms with Crippen molar-refractivity contribution in [3.63, 3.8) is 0 Å². The summed E-state index contributed by atoms with van der Waals surface area (Å²) in [6.07, 6.45) is 0.255. The van der Waals surface area contributed by atoms with Crippen LogP contribution in [0.3, 0.4) is 0 Å². The third-order valence-electron chi connectivity index (χ3n) is 5.22. The van der Waals surface area contributed by atoms with Crippen LogP contribution in [0, 0.1) is 5.82 Å². The number of rotatable bonds is 7. The molecule has 0 radical (unpaired) electrons. The number of anilines is 1. The standard InChI is InChI=1S/C22H28FN3O2/c1-25(2)20-9-5-18(6-10-20)21(26-11-13-28-14-12-26)16-24-22(27)15-17-3-7-19(23)8-4-17/h3-10,21H,11-16H2,1-2H3,(H,24,27)/p+1/t21-/m0/s1. The van der Waals surface area contributed by atoms with Gasteiger partial charge in [0.15, 0.2) is 0 Å². The summed E-state index contributed by atoms with van der Waals surface area (Å²) in [4.78, 5) is 15.9. The maximum Gasteiger partial charge on any atom is 0.224 e. The predicted octanol–water partition coefficient (Wildman–Crippen LogP) is 1.21. The van der Waals surface area contributed by atoms with Crippen LogP contribution in [0.1, 0.15) is 17.2 Å². The number of carbonyl (C=O) groups is 1. The van der Waals surface area contributed by atoms with Gasteiger partial charge >= 0.3 is 0 Å². The Morgan fingerprint density at radius 3 is 2.36 bits per heavy atom. The van der Waals surface area contributed by atoms with E-state index < -0.39 is 0 Å². The number of nitrogens with one attached hydrogen (secondary N) is 2. The Hall–Kier alpha value is -2.44. The number of quaternary nitrogens is 1. The minimum absolute atomic E-state index is 0.0471. The van der Waals surface area contributed by atoms with Crippen molar-refractivity contribution in [2.24, 2.45) is 0 Å². The normalized spacial score (nSPS) is 15.8. The average molecular weight is 386 g/mol. The van der Waals surface area contributed by atoms with E-state index in [9.17, 15) is 9.18 Å². The van der Waals surface area contributed by atoms with Crippen LogP contribution in [0.25, 0.3) is 0 Å². The Bertz CT molecular complexity index is 756. The molecule has 0 spiro atoms. The topological polar surface area (TPSA) is 46.0 Å². The fourth-order valence-corrected chi connectivity index (χ4v) is 3.55. The van der Waals surface area contributed by atoms with Crippen LogP contribution in [0.15, 0.2) is 48.5 Å². The van der Waals surface area contributed by atoms with E-state index in [0.717, 1.165) is 37.6 Å². The highest BCUT2D eigenvalue weighted by Crippen LogP contribution is 2.16. The van der Waals surface area contributed by atoms with Gasteiger partial charge in [-0.15, -0.1) is 0 Å². The summed E-state index contributed by atoms with van der Waals surface area (Å²) in [6, 6.07) is 14.8.